The summed E-state index contributed by atoms with van der Waals surface area (Å²) >= 11 is 0. The highest BCUT2D eigenvalue weighted by Gasteiger charge is 2.41. The molecular weight excluding hydrogens is 483 g/mol. The van der Waals surface area contributed by atoms with Gasteiger partial charge in [-0.3, -0.25) is 0 Å². The molecule has 0 radical (unpaired) electrons. The van der Waals surface area contributed by atoms with Crippen LogP contribution < -0.4 is 21.3 Å². The van der Waals surface area contributed by atoms with Crippen LogP contribution in [0, 0.1) is 0 Å². The fraction of sp³-hybridized carbons (Fsp3) is 0.0270. The molecule has 1 aromatic heterocycles. The Bertz CT molecular complexity index is 2050. The molecular formula is C37H25BN2. The summed E-state index contributed by atoms with van der Waals surface area (Å²) < 4.78 is 2.54. The van der Waals surface area contributed by atoms with Gasteiger partial charge in [0.25, 0.3) is 0 Å². The van der Waals surface area contributed by atoms with Crippen LogP contribution in [0.1, 0.15) is 11.1 Å². The van der Waals surface area contributed by atoms with Crippen molar-refractivity contribution in [1.29, 1.82) is 0 Å². The Morgan fingerprint density at radius 3 is 2.02 bits per heavy atom. The van der Waals surface area contributed by atoms with Crippen molar-refractivity contribution in [2.75, 3.05) is 4.90 Å². The topological polar surface area (TPSA) is 8.17 Å². The van der Waals surface area contributed by atoms with Gasteiger partial charge in [0, 0.05) is 39.0 Å². The Balaban J connectivity index is 1.46. The maximum Gasteiger partial charge on any atom is 0.250 e. The highest BCUT2D eigenvalue weighted by atomic mass is 15.1. The molecule has 6 aromatic carbocycles. The zero-order valence-electron chi connectivity index (χ0n) is 22.0. The smallest absolute Gasteiger partial charge is 0.250 e. The van der Waals surface area contributed by atoms with E-state index in [1.807, 2.05) is 0 Å². The number of aromatic nitrogens is 1. The first-order valence-corrected chi connectivity index (χ1v) is 14.0. The van der Waals surface area contributed by atoms with E-state index < -0.39 is 0 Å². The Morgan fingerprint density at radius 2 is 1.23 bits per heavy atom. The minimum absolute atomic E-state index is 0.154. The molecule has 0 amide bonds. The van der Waals surface area contributed by atoms with Gasteiger partial charge in [-0.05, 0) is 70.9 Å². The van der Waals surface area contributed by atoms with Crippen LogP contribution in [-0.4, -0.2) is 11.3 Å². The van der Waals surface area contributed by atoms with Crippen molar-refractivity contribution in [1.82, 2.24) is 4.57 Å². The van der Waals surface area contributed by atoms with Crippen LogP contribution >= 0.6 is 0 Å². The molecule has 2 aliphatic rings. The van der Waals surface area contributed by atoms with Crippen LogP contribution in [0.5, 0.6) is 0 Å². The van der Waals surface area contributed by atoms with Crippen molar-refractivity contribution in [3.63, 3.8) is 0 Å². The minimum Gasteiger partial charge on any atom is -0.311 e. The number of rotatable bonds is 3. The molecule has 2 nitrogen and oxygen atoms in total. The normalized spacial score (nSPS) is 12.8. The Morgan fingerprint density at radius 1 is 0.525 bits per heavy atom. The zero-order valence-corrected chi connectivity index (χ0v) is 22.0. The first kappa shape index (κ1) is 21.9. The zero-order chi connectivity index (χ0) is 26.2. The van der Waals surface area contributed by atoms with Crippen LogP contribution in [0.25, 0.3) is 27.5 Å². The second-order valence-corrected chi connectivity index (χ2v) is 10.9. The van der Waals surface area contributed by atoms with Gasteiger partial charge in [-0.2, -0.15) is 0 Å². The van der Waals surface area contributed by atoms with E-state index in [9.17, 15) is 0 Å². The van der Waals surface area contributed by atoms with Crippen molar-refractivity contribution in [2.24, 2.45) is 0 Å². The van der Waals surface area contributed by atoms with Crippen molar-refractivity contribution in [2.45, 2.75) is 6.42 Å². The van der Waals surface area contributed by atoms with E-state index in [1.165, 1.54) is 60.7 Å². The number of para-hydroxylation sites is 3. The minimum atomic E-state index is 0.154. The molecule has 3 heterocycles. The third-order valence-corrected chi connectivity index (χ3v) is 8.86. The van der Waals surface area contributed by atoms with Gasteiger partial charge in [0.15, 0.2) is 0 Å². The summed E-state index contributed by atoms with van der Waals surface area (Å²) in [6.45, 7) is 0.154. The summed E-state index contributed by atoms with van der Waals surface area (Å²) in [5.74, 6) is 0. The molecule has 0 atom stereocenters. The molecule has 7 aromatic rings. The van der Waals surface area contributed by atoms with Gasteiger partial charge < -0.3 is 9.47 Å². The first-order chi connectivity index (χ1) is 19.9. The van der Waals surface area contributed by atoms with Gasteiger partial charge >= 0.3 is 0 Å². The number of fused-ring (bicyclic) bond motifs is 8. The predicted octanol–water partition coefficient (Wildman–Crippen LogP) is 6.99. The first-order valence-electron chi connectivity index (χ1n) is 14.0. The molecule has 0 saturated heterocycles. The predicted molar refractivity (Wildman–Crippen MR) is 169 cm³/mol. The summed E-state index contributed by atoms with van der Waals surface area (Å²) in [7, 11) is 0. The largest absolute Gasteiger partial charge is 0.311 e. The average Bonchev–Trinajstić information content (AvgIpc) is 3.36. The summed E-state index contributed by atoms with van der Waals surface area (Å²) in [6, 6.07) is 51.2. The van der Waals surface area contributed by atoms with Crippen LogP contribution in [0.3, 0.4) is 0 Å². The maximum atomic E-state index is 2.54. The van der Waals surface area contributed by atoms with Crippen LogP contribution in [0.15, 0.2) is 140 Å². The van der Waals surface area contributed by atoms with Crippen LogP contribution in [0.2, 0.25) is 0 Å². The Labute approximate surface area is 233 Å². The van der Waals surface area contributed by atoms with Crippen molar-refractivity contribution in [3.8, 4) is 5.69 Å². The number of nitrogens with zero attached hydrogens (tertiary/aromatic N) is 2. The van der Waals surface area contributed by atoms with E-state index in [0.717, 1.165) is 17.8 Å². The highest BCUT2D eigenvalue weighted by molar-refractivity contribution is 6.99. The van der Waals surface area contributed by atoms with Gasteiger partial charge in [0.1, 0.15) is 0 Å². The van der Waals surface area contributed by atoms with Crippen LogP contribution in [-0.2, 0) is 6.42 Å². The third kappa shape index (κ3) is 2.89. The van der Waals surface area contributed by atoms with Gasteiger partial charge in [-0.15, -0.1) is 0 Å². The molecule has 40 heavy (non-hydrogen) atoms. The van der Waals surface area contributed by atoms with Gasteiger partial charge in [-0.25, -0.2) is 0 Å². The van der Waals surface area contributed by atoms with E-state index >= 15 is 0 Å². The van der Waals surface area contributed by atoms with E-state index in [4.69, 9.17) is 0 Å². The van der Waals surface area contributed by atoms with Gasteiger partial charge in [0.05, 0.1) is 5.52 Å². The van der Waals surface area contributed by atoms with Crippen LogP contribution in [0.4, 0.5) is 17.1 Å². The standard InChI is InChI=1S/C37H25BN2/c1-3-13-27(14-4-1)39(28-15-5-2-6-16-28)33-20-11-21-34-36(33)38-31-18-9-7-12-25(31)24-26-22-23-30-29-17-8-10-19-32(29)40(34)37(30)35(26)38/h1-23H,24H2. The molecule has 2 aliphatic heterocycles. The molecule has 186 valence electrons. The lowest BCUT2D eigenvalue weighted by Crippen LogP contribution is -2.60. The summed E-state index contributed by atoms with van der Waals surface area (Å²) in [5.41, 5.74) is 14.6. The summed E-state index contributed by atoms with van der Waals surface area (Å²) in [5, 5.41) is 2.66. The molecule has 3 heteroatoms. The second-order valence-electron chi connectivity index (χ2n) is 10.9. The summed E-state index contributed by atoms with van der Waals surface area (Å²) in [6.07, 6.45) is 0.970. The lowest BCUT2D eigenvalue weighted by molar-refractivity contribution is 1.16. The van der Waals surface area contributed by atoms with Gasteiger partial charge in [0.2, 0.25) is 6.71 Å². The molecule has 0 fully saturated rings. The maximum absolute atomic E-state index is 2.54. The van der Waals surface area contributed by atoms with E-state index in [1.54, 1.807) is 0 Å². The molecule has 9 rings (SSSR count). The number of benzene rings is 6. The van der Waals surface area contributed by atoms with Crippen molar-refractivity contribution < 1.29 is 0 Å². The molecule has 0 aliphatic carbocycles. The third-order valence-electron chi connectivity index (χ3n) is 8.86. The van der Waals surface area contributed by atoms with E-state index in [2.05, 4.69) is 149 Å². The Kier molecular flexibility index (Phi) is 4.51. The Hall–Kier alpha value is -5.02. The lowest BCUT2D eigenvalue weighted by Gasteiger charge is -2.37. The fourth-order valence-corrected chi connectivity index (χ4v) is 7.30. The monoisotopic (exact) mass is 508 g/mol. The van der Waals surface area contributed by atoms with E-state index in [-0.39, 0.29) is 6.71 Å². The molecule has 0 bridgehead atoms. The number of hydrogen-bond acceptors (Lipinski definition) is 1. The lowest BCUT2D eigenvalue weighted by atomic mass is 9.32. The van der Waals surface area contributed by atoms with Crippen molar-refractivity contribution in [3.05, 3.63) is 151 Å². The quantitative estimate of drug-likeness (QED) is 0.234. The SMILES string of the molecule is c1ccc(N(c2ccccc2)c2cccc3c2B2c4ccccc4Cc4ccc5c6ccccc6n-3c5c42)cc1. The number of hydrogen-bond donors (Lipinski definition) is 0. The average molecular weight is 508 g/mol. The van der Waals surface area contributed by atoms with Crippen molar-refractivity contribution >= 4 is 62.0 Å². The molecule has 0 unspecified atom stereocenters. The summed E-state index contributed by atoms with van der Waals surface area (Å²) in [4.78, 5) is 2.44. The highest BCUT2D eigenvalue weighted by Crippen LogP contribution is 2.39. The van der Waals surface area contributed by atoms with Gasteiger partial charge in [-0.1, -0.05) is 103 Å². The second kappa shape index (κ2) is 8.24. The molecule has 0 saturated carbocycles. The number of anilines is 3. The molecule has 0 spiro atoms. The van der Waals surface area contributed by atoms with E-state index in [0.29, 0.717) is 0 Å². The molecule has 0 N–H and O–H groups in total. The fourth-order valence-electron chi connectivity index (χ4n) is 7.30.